The predicted octanol–water partition coefficient (Wildman–Crippen LogP) is 3.11. The normalized spacial score (nSPS) is 10.1. The molecule has 0 aliphatic heterocycles. The quantitative estimate of drug-likeness (QED) is 0.524. The molecule has 92 valence electrons. The summed E-state index contributed by atoms with van der Waals surface area (Å²) in [7, 11) is 1.54. The number of rotatable bonds is 3. The molecule has 0 fully saturated rings. The third-order valence-corrected chi connectivity index (χ3v) is 3.29. The molecule has 0 spiro atoms. The van der Waals surface area contributed by atoms with Gasteiger partial charge in [-0.05, 0) is 65.1 Å². The van der Waals surface area contributed by atoms with Crippen molar-refractivity contribution in [3.05, 3.63) is 57.2 Å². The van der Waals surface area contributed by atoms with Gasteiger partial charge in [0.25, 0.3) is 0 Å². The Hall–Kier alpha value is -1.56. The van der Waals surface area contributed by atoms with Crippen molar-refractivity contribution in [1.29, 1.82) is 0 Å². The Bertz CT molecular complexity index is 579. The summed E-state index contributed by atoms with van der Waals surface area (Å²) in [6, 6.07) is 12.4. The summed E-state index contributed by atoms with van der Waals surface area (Å²) >= 11 is 2.20. The molecule has 0 saturated carbocycles. The Morgan fingerprint density at radius 3 is 2.44 bits per heavy atom. The first kappa shape index (κ1) is 12.9. The van der Waals surface area contributed by atoms with Gasteiger partial charge in [0.2, 0.25) is 0 Å². The highest BCUT2D eigenvalue weighted by atomic mass is 127. The van der Waals surface area contributed by atoms with Crippen LogP contribution < -0.4 is 10.5 Å². The van der Waals surface area contributed by atoms with Crippen LogP contribution in [0.25, 0.3) is 0 Å². The Morgan fingerprint density at radius 2 is 1.83 bits per heavy atom. The Balaban J connectivity index is 2.45. The molecule has 0 heterocycles. The van der Waals surface area contributed by atoms with Crippen molar-refractivity contribution in [3.8, 4) is 5.75 Å². The van der Waals surface area contributed by atoms with E-state index < -0.39 is 0 Å². The van der Waals surface area contributed by atoms with Crippen molar-refractivity contribution >= 4 is 34.1 Å². The maximum Gasteiger partial charge on any atom is 0.196 e. The number of hydrogen-bond acceptors (Lipinski definition) is 3. The fraction of sp³-hybridized carbons (Fsp3) is 0.0714. The third-order valence-electron chi connectivity index (χ3n) is 2.57. The van der Waals surface area contributed by atoms with Crippen molar-refractivity contribution < 1.29 is 9.53 Å². The van der Waals surface area contributed by atoms with Crippen LogP contribution in [-0.4, -0.2) is 12.9 Å². The van der Waals surface area contributed by atoms with E-state index in [2.05, 4.69) is 22.6 Å². The zero-order chi connectivity index (χ0) is 13.1. The molecule has 0 radical (unpaired) electrons. The van der Waals surface area contributed by atoms with Crippen LogP contribution in [-0.2, 0) is 0 Å². The summed E-state index contributed by atoms with van der Waals surface area (Å²) in [5.41, 5.74) is 7.37. The van der Waals surface area contributed by atoms with E-state index in [1.165, 1.54) is 7.11 Å². The molecule has 4 heteroatoms. The molecule has 0 saturated heterocycles. The number of nitrogens with two attached hydrogens (primary N) is 1. The van der Waals surface area contributed by atoms with E-state index in [1.54, 1.807) is 30.3 Å². The van der Waals surface area contributed by atoms with E-state index in [-0.39, 0.29) is 5.78 Å². The summed E-state index contributed by atoms with van der Waals surface area (Å²) in [4.78, 5) is 12.4. The summed E-state index contributed by atoms with van der Waals surface area (Å²) in [6.45, 7) is 0. The number of halogens is 1. The molecule has 2 rings (SSSR count). The molecule has 0 aromatic heterocycles. The van der Waals surface area contributed by atoms with Crippen LogP contribution in [0.1, 0.15) is 15.9 Å². The molecule has 18 heavy (non-hydrogen) atoms. The van der Waals surface area contributed by atoms with Gasteiger partial charge >= 0.3 is 0 Å². The van der Waals surface area contributed by atoms with E-state index in [1.807, 2.05) is 12.1 Å². The number of benzene rings is 2. The predicted molar refractivity (Wildman–Crippen MR) is 80.0 cm³/mol. The summed E-state index contributed by atoms with van der Waals surface area (Å²) in [5, 5.41) is 0. The molecule has 2 aromatic carbocycles. The fourth-order valence-corrected chi connectivity index (χ4v) is 2.02. The lowest BCUT2D eigenvalue weighted by Crippen LogP contribution is -2.05. The molecule has 0 bridgehead atoms. The Labute approximate surface area is 119 Å². The van der Waals surface area contributed by atoms with Crippen molar-refractivity contribution in [2.24, 2.45) is 0 Å². The van der Waals surface area contributed by atoms with Gasteiger partial charge in [0.15, 0.2) is 5.78 Å². The van der Waals surface area contributed by atoms with E-state index in [0.717, 1.165) is 3.57 Å². The molecular weight excluding hydrogens is 341 g/mol. The fourth-order valence-electron chi connectivity index (χ4n) is 1.66. The number of anilines is 1. The minimum absolute atomic E-state index is 0.0875. The lowest BCUT2D eigenvalue weighted by molar-refractivity contribution is 0.103. The Morgan fingerprint density at radius 1 is 1.17 bits per heavy atom. The average Bonchev–Trinajstić information content (AvgIpc) is 2.39. The first-order chi connectivity index (χ1) is 8.61. The zero-order valence-corrected chi connectivity index (χ0v) is 12.0. The van der Waals surface area contributed by atoms with Gasteiger partial charge in [-0.1, -0.05) is 0 Å². The summed E-state index contributed by atoms with van der Waals surface area (Å²) in [5.74, 6) is 0.448. The van der Waals surface area contributed by atoms with E-state index in [0.29, 0.717) is 22.6 Å². The maximum atomic E-state index is 12.4. The van der Waals surface area contributed by atoms with Gasteiger partial charge in [-0.3, -0.25) is 4.79 Å². The van der Waals surface area contributed by atoms with E-state index >= 15 is 0 Å². The maximum absolute atomic E-state index is 12.4. The SMILES string of the molecule is COc1ccc(N)cc1C(=O)c1ccc(I)cc1. The topological polar surface area (TPSA) is 52.3 Å². The number of ketones is 1. The lowest BCUT2D eigenvalue weighted by Gasteiger charge is -2.08. The number of methoxy groups -OCH3 is 1. The molecule has 2 N–H and O–H groups in total. The van der Waals surface area contributed by atoms with Crippen molar-refractivity contribution in [3.63, 3.8) is 0 Å². The first-order valence-corrected chi connectivity index (χ1v) is 6.43. The first-order valence-electron chi connectivity index (χ1n) is 5.35. The van der Waals surface area contributed by atoms with E-state index in [9.17, 15) is 4.79 Å². The van der Waals surface area contributed by atoms with Gasteiger partial charge in [-0.2, -0.15) is 0 Å². The zero-order valence-electron chi connectivity index (χ0n) is 9.81. The highest BCUT2D eigenvalue weighted by molar-refractivity contribution is 14.1. The van der Waals surface area contributed by atoms with Crippen molar-refractivity contribution in [2.45, 2.75) is 0 Å². The number of nitrogen functional groups attached to an aromatic ring is 1. The second kappa shape index (κ2) is 5.39. The van der Waals surface area contributed by atoms with Gasteiger partial charge in [0.1, 0.15) is 5.75 Å². The average molecular weight is 353 g/mol. The van der Waals surface area contributed by atoms with Crippen molar-refractivity contribution in [2.75, 3.05) is 12.8 Å². The van der Waals surface area contributed by atoms with Gasteiger partial charge in [-0.25, -0.2) is 0 Å². The number of carbonyl (C=O) groups is 1. The molecule has 0 amide bonds. The van der Waals surface area contributed by atoms with E-state index in [4.69, 9.17) is 10.5 Å². The second-order valence-corrected chi connectivity index (χ2v) is 5.04. The smallest absolute Gasteiger partial charge is 0.196 e. The number of hydrogen-bond donors (Lipinski definition) is 1. The highest BCUT2D eigenvalue weighted by Crippen LogP contribution is 2.24. The number of carbonyl (C=O) groups excluding carboxylic acids is 1. The molecular formula is C14H12INO2. The molecule has 0 atom stereocenters. The van der Waals surface area contributed by atoms with Crippen LogP contribution in [0, 0.1) is 3.57 Å². The standard InChI is InChI=1S/C14H12INO2/c1-18-13-7-6-11(16)8-12(13)14(17)9-2-4-10(15)5-3-9/h2-8H,16H2,1H3. The van der Waals surface area contributed by atoms with Gasteiger partial charge in [-0.15, -0.1) is 0 Å². The van der Waals surface area contributed by atoms with Crippen LogP contribution in [0.3, 0.4) is 0 Å². The van der Waals surface area contributed by atoms with Gasteiger partial charge < -0.3 is 10.5 Å². The molecule has 2 aromatic rings. The van der Waals surface area contributed by atoms with Crippen LogP contribution in [0.4, 0.5) is 5.69 Å². The third kappa shape index (κ3) is 2.64. The second-order valence-electron chi connectivity index (χ2n) is 3.80. The largest absolute Gasteiger partial charge is 0.496 e. The molecule has 0 aliphatic rings. The van der Waals surface area contributed by atoms with Crippen molar-refractivity contribution in [1.82, 2.24) is 0 Å². The van der Waals surface area contributed by atoms with Crippen LogP contribution in [0.15, 0.2) is 42.5 Å². The minimum Gasteiger partial charge on any atom is -0.496 e. The summed E-state index contributed by atoms with van der Waals surface area (Å²) in [6.07, 6.45) is 0. The Kier molecular flexibility index (Phi) is 3.86. The molecule has 0 unspecified atom stereocenters. The van der Waals surface area contributed by atoms with Gasteiger partial charge in [0.05, 0.1) is 12.7 Å². The monoisotopic (exact) mass is 353 g/mol. The summed E-state index contributed by atoms with van der Waals surface area (Å²) < 4.78 is 6.28. The minimum atomic E-state index is -0.0875. The van der Waals surface area contributed by atoms with Crippen LogP contribution >= 0.6 is 22.6 Å². The van der Waals surface area contributed by atoms with Gasteiger partial charge in [0, 0.05) is 14.8 Å². The lowest BCUT2D eigenvalue weighted by atomic mass is 10.0. The van der Waals surface area contributed by atoms with Crippen LogP contribution in [0.2, 0.25) is 0 Å². The number of ether oxygens (including phenoxy) is 1. The molecule has 0 aliphatic carbocycles. The highest BCUT2D eigenvalue weighted by Gasteiger charge is 2.14. The van der Waals surface area contributed by atoms with Crippen LogP contribution in [0.5, 0.6) is 5.75 Å². The molecule has 3 nitrogen and oxygen atoms in total.